The van der Waals surface area contributed by atoms with Crippen LogP contribution in [0.4, 0.5) is 0 Å². The van der Waals surface area contributed by atoms with E-state index in [9.17, 15) is 0 Å². The van der Waals surface area contributed by atoms with Gasteiger partial charge in [0, 0.05) is 44.1 Å². The summed E-state index contributed by atoms with van der Waals surface area (Å²) in [7, 11) is 0. The maximum atomic E-state index is 4.06. The summed E-state index contributed by atoms with van der Waals surface area (Å²) in [6.45, 7) is 5.53. The summed E-state index contributed by atoms with van der Waals surface area (Å²) in [4.78, 5) is 6.63. The molecule has 0 amide bonds. The molecule has 0 spiro atoms. The van der Waals surface area contributed by atoms with Gasteiger partial charge in [-0.1, -0.05) is 30.3 Å². The maximum absolute atomic E-state index is 4.06. The van der Waals surface area contributed by atoms with Gasteiger partial charge in [-0.05, 0) is 36.6 Å². The van der Waals surface area contributed by atoms with Crippen molar-refractivity contribution in [3.05, 3.63) is 66.0 Å². The molecule has 1 aromatic heterocycles. The number of rotatable bonds is 5. The van der Waals surface area contributed by atoms with E-state index in [0.717, 1.165) is 13.1 Å². The van der Waals surface area contributed by atoms with Crippen LogP contribution in [0.25, 0.3) is 0 Å². The van der Waals surface area contributed by atoms with E-state index in [2.05, 4.69) is 64.6 Å². The number of likely N-dealkylation sites (tertiary alicyclic amines) is 1. The number of aromatic nitrogens is 1. The van der Waals surface area contributed by atoms with E-state index in [1.807, 2.05) is 12.4 Å². The number of hydrogen-bond donors (Lipinski definition) is 1. The molecule has 0 bridgehead atoms. The third-order valence-electron chi connectivity index (χ3n) is 4.39. The Balaban J connectivity index is 1.51. The van der Waals surface area contributed by atoms with Gasteiger partial charge in [0.1, 0.15) is 0 Å². The lowest BCUT2D eigenvalue weighted by molar-refractivity contribution is 0.255. The van der Waals surface area contributed by atoms with Crippen molar-refractivity contribution in [1.29, 1.82) is 0 Å². The van der Waals surface area contributed by atoms with Gasteiger partial charge in [0.25, 0.3) is 0 Å². The zero-order valence-corrected chi connectivity index (χ0v) is 12.6. The fourth-order valence-corrected chi connectivity index (χ4v) is 3.01. The Morgan fingerprint density at radius 1 is 1.19 bits per heavy atom. The molecule has 3 nitrogen and oxygen atoms in total. The molecule has 1 aliphatic heterocycles. The van der Waals surface area contributed by atoms with Crippen LogP contribution in [-0.2, 0) is 6.54 Å². The van der Waals surface area contributed by atoms with Crippen molar-refractivity contribution < 1.29 is 0 Å². The molecular formula is C18H23N3. The van der Waals surface area contributed by atoms with Crippen LogP contribution in [0.1, 0.15) is 30.5 Å². The van der Waals surface area contributed by atoms with Crippen LogP contribution in [0, 0.1) is 0 Å². The average Bonchev–Trinajstić information content (AvgIpc) is 3.03. The highest BCUT2D eigenvalue weighted by Gasteiger charge is 2.26. The molecule has 2 atom stereocenters. The topological polar surface area (TPSA) is 28.2 Å². The van der Waals surface area contributed by atoms with Crippen molar-refractivity contribution in [2.75, 3.05) is 13.1 Å². The number of hydrogen-bond acceptors (Lipinski definition) is 3. The molecule has 1 aromatic carbocycles. The van der Waals surface area contributed by atoms with Gasteiger partial charge in [-0.25, -0.2) is 0 Å². The highest BCUT2D eigenvalue weighted by Crippen LogP contribution is 2.24. The number of nitrogens with one attached hydrogen (secondary N) is 1. The second-order valence-corrected chi connectivity index (χ2v) is 5.80. The van der Waals surface area contributed by atoms with Gasteiger partial charge in [0.05, 0.1) is 0 Å². The molecule has 21 heavy (non-hydrogen) atoms. The van der Waals surface area contributed by atoms with E-state index >= 15 is 0 Å². The first-order chi connectivity index (χ1) is 10.3. The standard InChI is InChI=1S/C18H23N3/c1-15(17-5-3-2-4-6-17)21-12-9-18(14-21)20-13-16-7-10-19-11-8-16/h2-8,10-11,15,18,20H,9,12-14H2,1H3/t15-,18-/m1/s1. The summed E-state index contributed by atoms with van der Waals surface area (Å²) in [5.74, 6) is 0. The fraction of sp³-hybridized carbons (Fsp3) is 0.389. The Labute approximate surface area is 127 Å². The molecule has 1 aliphatic rings. The summed E-state index contributed by atoms with van der Waals surface area (Å²) in [5, 5.41) is 3.66. The van der Waals surface area contributed by atoms with Crippen LogP contribution in [0.15, 0.2) is 54.9 Å². The number of benzene rings is 1. The predicted molar refractivity (Wildman–Crippen MR) is 85.9 cm³/mol. The Morgan fingerprint density at radius 2 is 1.95 bits per heavy atom. The fourth-order valence-electron chi connectivity index (χ4n) is 3.01. The summed E-state index contributed by atoms with van der Waals surface area (Å²) < 4.78 is 0. The molecule has 2 aromatic rings. The highest BCUT2D eigenvalue weighted by atomic mass is 15.2. The Hall–Kier alpha value is -1.71. The van der Waals surface area contributed by atoms with Gasteiger partial charge in [-0.15, -0.1) is 0 Å². The lowest BCUT2D eigenvalue weighted by atomic mass is 10.1. The van der Waals surface area contributed by atoms with Crippen LogP contribution < -0.4 is 5.32 Å². The largest absolute Gasteiger partial charge is 0.309 e. The molecule has 0 radical (unpaired) electrons. The average molecular weight is 281 g/mol. The summed E-state index contributed by atoms with van der Waals surface area (Å²) in [5.41, 5.74) is 2.71. The summed E-state index contributed by atoms with van der Waals surface area (Å²) in [6.07, 6.45) is 4.94. The third kappa shape index (κ3) is 3.69. The molecule has 2 heterocycles. The molecule has 3 heteroatoms. The minimum absolute atomic E-state index is 0.499. The number of pyridine rings is 1. The van der Waals surface area contributed by atoms with Crippen LogP contribution in [0.5, 0.6) is 0 Å². The molecule has 0 aliphatic carbocycles. The summed E-state index contributed by atoms with van der Waals surface area (Å²) in [6, 6.07) is 16.0. The molecule has 3 rings (SSSR count). The Morgan fingerprint density at radius 3 is 2.71 bits per heavy atom. The van der Waals surface area contributed by atoms with E-state index < -0.39 is 0 Å². The Kier molecular flexibility index (Phi) is 4.63. The first kappa shape index (κ1) is 14.2. The van der Waals surface area contributed by atoms with Crippen molar-refractivity contribution in [1.82, 2.24) is 15.2 Å². The molecule has 0 unspecified atom stereocenters. The van der Waals surface area contributed by atoms with Crippen LogP contribution >= 0.6 is 0 Å². The minimum Gasteiger partial charge on any atom is -0.309 e. The van der Waals surface area contributed by atoms with Crippen LogP contribution in [0.2, 0.25) is 0 Å². The molecule has 110 valence electrons. The SMILES string of the molecule is C[C@H](c1ccccc1)N1CC[C@@H](NCc2ccncc2)C1. The van der Waals surface area contributed by atoms with Gasteiger partial charge >= 0.3 is 0 Å². The maximum Gasteiger partial charge on any atom is 0.0320 e. The van der Waals surface area contributed by atoms with Gasteiger partial charge in [-0.2, -0.15) is 0 Å². The lowest BCUT2D eigenvalue weighted by Crippen LogP contribution is -2.33. The third-order valence-corrected chi connectivity index (χ3v) is 4.39. The monoisotopic (exact) mass is 281 g/mol. The van der Waals surface area contributed by atoms with Crippen LogP contribution in [0.3, 0.4) is 0 Å². The first-order valence-electron chi connectivity index (χ1n) is 7.74. The second kappa shape index (κ2) is 6.83. The van der Waals surface area contributed by atoms with E-state index in [1.54, 1.807) is 0 Å². The van der Waals surface area contributed by atoms with Gasteiger partial charge in [0.15, 0.2) is 0 Å². The van der Waals surface area contributed by atoms with Gasteiger partial charge in [-0.3, -0.25) is 9.88 Å². The van der Waals surface area contributed by atoms with Gasteiger partial charge < -0.3 is 5.32 Å². The first-order valence-corrected chi connectivity index (χ1v) is 7.74. The van der Waals surface area contributed by atoms with E-state index in [4.69, 9.17) is 0 Å². The smallest absolute Gasteiger partial charge is 0.0320 e. The molecule has 1 N–H and O–H groups in total. The van der Waals surface area contributed by atoms with Crippen molar-refractivity contribution in [3.8, 4) is 0 Å². The quantitative estimate of drug-likeness (QED) is 0.913. The molecule has 1 fully saturated rings. The molecule has 0 saturated carbocycles. The summed E-state index contributed by atoms with van der Waals surface area (Å²) >= 11 is 0. The van der Waals surface area contributed by atoms with Crippen LogP contribution in [-0.4, -0.2) is 29.0 Å². The van der Waals surface area contributed by atoms with Crippen molar-refractivity contribution in [2.24, 2.45) is 0 Å². The predicted octanol–water partition coefficient (Wildman–Crippen LogP) is 3.01. The number of nitrogens with zero attached hydrogens (tertiary/aromatic N) is 2. The van der Waals surface area contributed by atoms with E-state index in [-0.39, 0.29) is 0 Å². The zero-order chi connectivity index (χ0) is 14.5. The second-order valence-electron chi connectivity index (χ2n) is 5.80. The minimum atomic E-state index is 0.499. The van der Waals surface area contributed by atoms with Crippen molar-refractivity contribution >= 4 is 0 Å². The van der Waals surface area contributed by atoms with Crippen molar-refractivity contribution in [2.45, 2.75) is 32.0 Å². The zero-order valence-electron chi connectivity index (χ0n) is 12.6. The van der Waals surface area contributed by atoms with Crippen molar-refractivity contribution in [3.63, 3.8) is 0 Å². The highest BCUT2D eigenvalue weighted by molar-refractivity contribution is 5.18. The Bertz CT molecular complexity index is 541. The lowest BCUT2D eigenvalue weighted by Gasteiger charge is -2.25. The van der Waals surface area contributed by atoms with E-state index in [1.165, 1.54) is 24.1 Å². The van der Waals surface area contributed by atoms with E-state index in [0.29, 0.717) is 12.1 Å². The molecule has 1 saturated heterocycles. The van der Waals surface area contributed by atoms with Gasteiger partial charge in [0.2, 0.25) is 0 Å². The molecular weight excluding hydrogens is 258 g/mol. The normalized spacial score (nSPS) is 20.5.